The van der Waals surface area contributed by atoms with Crippen molar-refractivity contribution in [2.45, 2.75) is 78.7 Å². The molecule has 0 saturated carbocycles. The molecule has 2 fully saturated rings. The van der Waals surface area contributed by atoms with Crippen molar-refractivity contribution in [2.24, 2.45) is 11.3 Å². The van der Waals surface area contributed by atoms with Crippen molar-refractivity contribution < 1.29 is 14.0 Å². The zero-order valence-electron chi connectivity index (χ0n) is 18.0. The van der Waals surface area contributed by atoms with E-state index in [1.165, 1.54) is 48.8 Å². The number of ether oxygens (including phenoxy) is 2. The number of piperidine rings is 1. The minimum atomic E-state index is -0.00563. The topological polar surface area (TPSA) is 18.5 Å². The Morgan fingerprint density at radius 3 is 2.44 bits per heavy atom. The van der Waals surface area contributed by atoms with E-state index in [-0.39, 0.29) is 12.4 Å². The Morgan fingerprint density at radius 1 is 1.07 bits per heavy atom. The van der Waals surface area contributed by atoms with Crippen LogP contribution in [-0.2, 0) is 16.0 Å². The summed E-state index contributed by atoms with van der Waals surface area (Å²) in [4.78, 5) is 0. The molecule has 0 aliphatic carbocycles. The second kappa shape index (κ2) is 9.07. The number of likely N-dealkylation sites (tertiary alicyclic amines) is 1. The highest BCUT2D eigenvalue weighted by Crippen LogP contribution is 2.31. The van der Waals surface area contributed by atoms with E-state index in [1.807, 2.05) is 0 Å². The summed E-state index contributed by atoms with van der Waals surface area (Å²) in [6, 6.07) is 11.0. The lowest BCUT2D eigenvalue weighted by atomic mass is 9.84. The molecule has 3 atom stereocenters. The fourth-order valence-electron chi connectivity index (χ4n) is 5.18. The molecular weight excluding hydrogens is 334 g/mol. The second-order valence-electron chi connectivity index (χ2n) is 10.3. The molecule has 1 aromatic rings. The molecule has 0 amide bonds. The van der Waals surface area contributed by atoms with E-state index in [4.69, 9.17) is 9.47 Å². The Hall–Kier alpha value is -0.900. The smallest absolute Gasteiger partial charge is 0.158 e. The fourth-order valence-corrected chi connectivity index (χ4v) is 5.18. The van der Waals surface area contributed by atoms with Gasteiger partial charge in [-0.2, -0.15) is 0 Å². The van der Waals surface area contributed by atoms with Gasteiger partial charge in [-0.1, -0.05) is 58.0 Å². The maximum absolute atomic E-state index is 6.37. The number of rotatable bonds is 7. The normalized spacial score (nSPS) is 26.8. The van der Waals surface area contributed by atoms with Crippen LogP contribution in [0.5, 0.6) is 0 Å². The SMILES string of the molecule is C[C@H](C[C@H]1OC[C@H](C[N+]2(Cc3ccccc3)CCCCC2)O1)CC(C)(C)C. The van der Waals surface area contributed by atoms with Gasteiger partial charge in [-0.05, 0) is 37.0 Å². The molecule has 1 aromatic carbocycles. The van der Waals surface area contributed by atoms with Gasteiger partial charge in [-0.25, -0.2) is 0 Å². The van der Waals surface area contributed by atoms with Crippen molar-refractivity contribution in [2.75, 3.05) is 26.2 Å². The third-order valence-electron chi connectivity index (χ3n) is 6.08. The molecule has 0 N–H and O–H groups in total. The predicted octanol–water partition coefficient (Wildman–Crippen LogP) is 5.39. The van der Waals surface area contributed by atoms with Gasteiger partial charge in [0.15, 0.2) is 6.29 Å². The third kappa shape index (κ3) is 6.58. The highest BCUT2D eigenvalue weighted by molar-refractivity contribution is 5.13. The summed E-state index contributed by atoms with van der Waals surface area (Å²) in [5, 5.41) is 0. The molecule has 0 radical (unpaired) electrons. The van der Waals surface area contributed by atoms with Crippen LogP contribution in [0.3, 0.4) is 0 Å². The van der Waals surface area contributed by atoms with Crippen molar-refractivity contribution in [3.05, 3.63) is 35.9 Å². The Labute approximate surface area is 166 Å². The Bertz CT molecular complexity index is 559. The molecule has 3 heteroatoms. The maximum atomic E-state index is 6.37. The summed E-state index contributed by atoms with van der Waals surface area (Å²) >= 11 is 0. The van der Waals surface area contributed by atoms with E-state index >= 15 is 0 Å². The quantitative estimate of drug-likeness (QED) is 0.596. The summed E-state index contributed by atoms with van der Waals surface area (Å²) in [5.41, 5.74) is 1.82. The zero-order valence-corrected chi connectivity index (χ0v) is 18.0. The van der Waals surface area contributed by atoms with E-state index in [1.54, 1.807) is 0 Å². The molecule has 3 rings (SSSR count). The molecule has 0 unspecified atom stereocenters. The van der Waals surface area contributed by atoms with Gasteiger partial charge in [0.2, 0.25) is 0 Å². The first-order valence-corrected chi connectivity index (χ1v) is 11.0. The Kier molecular flexibility index (Phi) is 6.99. The lowest BCUT2D eigenvalue weighted by molar-refractivity contribution is -0.947. The number of benzene rings is 1. The van der Waals surface area contributed by atoms with Crippen molar-refractivity contribution in [1.29, 1.82) is 0 Å². The van der Waals surface area contributed by atoms with E-state index in [2.05, 4.69) is 58.0 Å². The number of hydrogen-bond donors (Lipinski definition) is 0. The van der Waals surface area contributed by atoms with Crippen LogP contribution in [0.1, 0.15) is 65.4 Å². The van der Waals surface area contributed by atoms with Crippen molar-refractivity contribution in [1.82, 2.24) is 0 Å². The van der Waals surface area contributed by atoms with Crippen LogP contribution in [0.15, 0.2) is 30.3 Å². The van der Waals surface area contributed by atoms with E-state index in [0.717, 1.165) is 26.1 Å². The van der Waals surface area contributed by atoms with Crippen LogP contribution in [0.4, 0.5) is 0 Å². The molecule has 0 bridgehead atoms. The summed E-state index contributed by atoms with van der Waals surface area (Å²) in [6.45, 7) is 14.8. The molecule has 2 saturated heterocycles. The fraction of sp³-hybridized carbons (Fsp3) is 0.750. The van der Waals surface area contributed by atoms with Crippen molar-refractivity contribution >= 4 is 0 Å². The molecule has 2 heterocycles. The lowest BCUT2D eigenvalue weighted by Crippen LogP contribution is -2.54. The monoisotopic (exact) mass is 374 g/mol. The highest BCUT2D eigenvalue weighted by atomic mass is 16.7. The van der Waals surface area contributed by atoms with Gasteiger partial charge in [0, 0.05) is 12.0 Å². The van der Waals surface area contributed by atoms with Crippen molar-refractivity contribution in [3.8, 4) is 0 Å². The van der Waals surface area contributed by atoms with Crippen molar-refractivity contribution in [3.63, 3.8) is 0 Å². The van der Waals surface area contributed by atoms with E-state index in [0.29, 0.717) is 11.3 Å². The molecule has 27 heavy (non-hydrogen) atoms. The van der Waals surface area contributed by atoms with Gasteiger partial charge in [0.05, 0.1) is 19.7 Å². The largest absolute Gasteiger partial charge is 0.350 e. The predicted molar refractivity (Wildman–Crippen MR) is 111 cm³/mol. The van der Waals surface area contributed by atoms with Crippen LogP contribution < -0.4 is 0 Å². The number of quaternary nitrogens is 1. The molecule has 2 aliphatic rings. The minimum Gasteiger partial charge on any atom is -0.350 e. The standard InChI is InChI=1S/C24H40NO2/c1-20(16-24(2,3)4)15-23-26-19-22(27-23)18-25(13-9-6-10-14-25)17-21-11-7-5-8-12-21/h5,7-8,11-12,20,22-23H,6,9-10,13-19H2,1-4H3/q+1/t20-,22+,23+/m1/s1. The van der Waals surface area contributed by atoms with E-state index in [9.17, 15) is 0 Å². The Morgan fingerprint density at radius 2 is 1.78 bits per heavy atom. The average molecular weight is 375 g/mol. The van der Waals surface area contributed by atoms with Crippen LogP contribution >= 0.6 is 0 Å². The minimum absolute atomic E-state index is 0.00563. The maximum Gasteiger partial charge on any atom is 0.158 e. The molecular formula is C24H40NO2+. The second-order valence-corrected chi connectivity index (χ2v) is 10.3. The zero-order chi connectivity index (χ0) is 19.3. The first-order chi connectivity index (χ1) is 12.8. The average Bonchev–Trinajstić information content (AvgIpc) is 3.01. The summed E-state index contributed by atoms with van der Waals surface area (Å²) < 4.78 is 13.6. The van der Waals surface area contributed by atoms with E-state index < -0.39 is 0 Å². The van der Waals surface area contributed by atoms with Gasteiger partial charge in [0.1, 0.15) is 19.2 Å². The molecule has 0 spiro atoms. The van der Waals surface area contributed by atoms with Crippen LogP contribution in [0.25, 0.3) is 0 Å². The van der Waals surface area contributed by atoms with Crippen LogP contribution in [0.2, 0.25) is 0 Å². The molecule has 2 aliphatic heterocycles. The lowest BCUT2D eigenvalue weighted by Gasteiger charge is -2.42. The summed E-state index contributed by atoms with van der Waals surface area (Å²) in [7, 11) is 0. The van der Waals surface area contributed by atoms with Crippen LogP contribution in [-0.4, -0.2) is 43.1 Å². The van der Waals surface area contributed by atoms with Gasteiger partial charge in [0.25, 0.3) is 0 Å². The summed E-state index contributed by atoms with van der Waals surface area (Å²) in [6.07, 6.45) is 6.54. The highest BCUT2D eigenvalue weighted by Gasteiger charge is 2.38. The first-order valence-electron chi connectivity index (χ1n) is 11.0. The molecule has 3 nitrogen and oxygen atoms in total. The number of nitrogens with zero attached hydrogens (tertiary/aromatic N) is 1. The number of hydrogen-bond acceptors (Lipinski definition) is 2. The Balaban J connectivity index is 1.55. The first kappa shape index (κ1) is 20.8. The van der Waals surface area contributed by atoms with Gasteiger partial charge in [-0.3, -0.25) is 0 Å². The van der Waals surface area contributed by atoms with Gasteiger partial charge < -0.3 is 14.0 Å². The van der Waals surface area contributed by atoms with Crippen LogP contribution in [0, 0.1) is 11.3 Å². The van der Waals surface area contributed by atoms with Gasteiger partial charge >= 0.3 is 0 Å². The third-order valence-corrected chi connectivity index (χ3v) is 6.08. The summed E-state index contributed by atoms with van der Waals surface area (Å²) in [5.74, 6) is 0.635. The molecule has 0 aromatic heterocycles. The molecule has 152 valence electrons. The van der Waals surface area contributed by atoms with Gasteiger partial charge in [-0.15, -0.1) is 0 Å².